The van der Waals surface area contributed by atoms with Gasteiger partial charge in [-0.15, -0.1) is 0 Å². The highest BCUT2D eigenvalue weighted by Gasteiger charge is 2.17. The van der Waals surface area contributed by atoms with Crippen LogP contribution in [0.4, 0.5) is 0 Å². The molecule has 0 spiro atoms. The number of hydrogen-bond acceptors (Lipinski definition) is 4. The molecular formula is C22H27N3O4. The van der Waals surface area contributed by atoms with Crippen LogP contribution in [-0.4, -0.2) is 42.8 Å². The second kappa shape index (κ2) is 8.96. The minimum absolute atomic E-state index is 0.187. The van der Waals surface area contributed by atoms with Crippen LogP contribution in [0.3, 0.4) is 0 Å². The van der Waals surface area contributed by atoms with Crippen LogP contribution in [0.5, 0.6) is 5.75 Å². The van der Waals surface area contributed by atoms with Gasteiger partial charge in [-0.3, -0.25) is 9.59 Å². The van der Waals surface area contributed by atoms with Gasteiger partial charge in [0, 0.05) is 43.0 Å². The molecule has 3 rings (SSSR count). The first-order chi connectivity index (χ1) is 14.0. The summed E-state index contributed by atoms with van der Waals surface area (Å²) in [5.74, 6) is 0.436. The molecule has 0 aliphatic carbocycles. The quantitative estimate of drug-likeness (QED) is 0.612. The topological polar surface area (TPSA) is 85.3 Å². The minimum Gasteiger partial charge on any atom is -0.497 e. The highest BCUT2D eigenvalue weighted by atomic mass is 16.5. The fourth-order valence-corrected chi connectivity index (χ4v) is 3.55. The van der Waals surface area contributed by atoms with Crippen molar-refractivity contribution < 1.29 is 14.3 Å². The number of aryl methyl sites for hydroxylation is 2. The highest BCUT2D eigenvalue weighted by Crippen LogP contribution is 2.23. The van der Waals surface area contributed by atoms with Crippen molar-refractivity contribution in [3.8, 4) is 5.75 Å². The van der Waals surface area contributed by atoms with Gasteiger partial charge in [0.25, 0.3) is 11.5 Å². The standard InChI is InChI=1S/C22H27N3O4/c1-14-11-15(2)25(9-10-28-3)22(27)20(14)21(26)23-8-7-16-13-24-19-6-5-17(29-4)12-18(16)19/h5-6,11-13,24H,7-10H2,1-4H3,(H,23,26). The van der Waals surface area contributed by atoms with Gasteiger partial charge in [-0.1, -0.05) is 0 Å². The number of amides is 1. The number of aromatic nitrogens is 2. The molecule has 0 radical (unpaired) electrons. The number of ether oxygens (including phenoxy) is 2. The molecule has 2 aromatic heterocycles. The van der Waals surface area contributed by atoms with Gasteiger partial charge >= 0.3 is 0 Å². The van der Waals surface area contributed by atoms with Crippen molar-refractivity contribution in [1.82, 2.24) is 14.9 Å². The first-order valence-electron chi connectivity index (χ1n) is 9.58. The molecule has 0 unspecified atom stereocenters. The van der Waals surface area contributed by atoms with Crippen LogP contribution in [0.15, 0.2) is 35.3 Å². The highest BCUT2D eigenvalue weighted by molar-refractivity contribution is 5.95. The molecule has 0 aliphatic rings. The molecule has 7 heteroatoms. The first kappa shape index (κ1) is 20.7. The number of fused-ring (bicyclic) bond motifs is 1. The lowest BCUT2D eigenvalue weighted by molar-refractivity contribution is 0.0951. The maximum absolute atomic E-state index is 12.8. The van der Waals surface area contributed by atoms with Crippen molar-refractivity contribution in [2.24, 2.45) is 0 Å². The van der Waals surface area contributed by atoms with Gasteiger partial charge in [-0.25, -0.2) is 0 Å². The van der Waals surface area contributed by atoms with Crippen molar-refractivity contribution in [3.05, 3.63) is 63.2 Å². The summed E-state index contributed by atoms with van der Waals surface area (Å²) in [5, 5.41) is 3.95. The molecule has 0 bridgehead atoms. The lowest BCUT2D eigenvalue weighted by atomic mass is 10.1. The van der Waals surface area contributed by atoms with Crippen molar-refractivity contribution in [2.45, 2.75) is 26.8 Å². The van der Waals surface area contributed by atoms with Crippen LogP contribution in [0.2, 0.25) is 0 Å². The third-order valence-electron chi connectivity index (χ3n) is 5.11. The Morgan fingerprint density at radius 1 is 1.21 bits per heavy atom. The lowest BCUT2D eigenvalue weighted by Gasteiger charge is -2.14. The van der Waals surface area contributed by atoms with E-state index in [0.29, 0.717) is 31.7 Å². The fourth-order valence-electron chi connectivity index (χ4n) is 3.55. The van der Waals surface area contributed by atoms with Crippen molar-refractivity contribution in [1.29, 1.82) is 0 Å². The SMILES string of the molecule is COCCn1c(C)cc(C)c(C(=O)NCCc2c[nH]c3ccc(OC)cc23)c1=O. The van der Waals surface area contributed by atoms with Crippen molar-refractivity contribution >= 4 is 16.8 Å². The zero-order valence-corrected chi connectivity index (χ0v) is 17.3. The van der Waals surface area contributed by atoms with E-state index >= 15 is 0 Å². The predicted octanol–water partition coefficient (Wildman–Crippen LogP) is 2.57. The molecule has 29 heavy (non-hydrogen) atoms. The van der Waals surface area contributed by atoms with Crippen LogP contribution in [0, 0.1) is 13.8 Å². The number of hydrogen-bond donors (Lipinski definition) is 2. The number of nitrogens with one attached hydrogen (secondary N) is 2. The molecule has 2 N–H and O–H groups in total. The molecule has 0 atom stereocenters. The van der Waals surface area contributed by atoms with E-state index in [9.17, 15) is 9.59 Å². The van der Waals surface area contributed by atoms with Gasteiger partial charge < -0.3 is 24.3 Å². The second-order valence-electron chi connectivity index (χ2n) is 7.02. The van der Waals surface area contributed by atoms with Crippen molar-refractivity contribution in [3.63, 3.8) is 0 Å². The Labute approximate surface area is 169 Å². The number of carbonyl (C=O) groups excluding carboxylic acids is 1. The van der Waals surface area contributed by atoms with Crippen LogP contribution in [-0.2, 0) is 17.7 Å². The Balaban J connectivity index is 1.74. The lowest BCUT2D eigenvalue weighted by Crippen LogP contribution is -2.36. The maximum Gasteiger partial charge on any atom is 0.263 e. The average Bonchev–Trinajstić information content (AvgIpc) is 3.09. The Morgan fingerprint density at radius 3 is 2.72 bits per heavy atom. The number of carbonyl (C=O) groups is 1. The Morgan fingerprint density at radius 2 is 2.00 bits per heavy atom. The van der Waals surface area contributed by atoms with E-state index in [1.807, 2.05) is 37.4 Å². The summed E-state index contributed by atoms with van der Waals surface area (Å²) >= 11 is 0. The Kier molecular flexibility index (Phi) is 6.39. The van der Waals surface area contributed by atoms with E-state index in [1.54, 1.807) is 25.7 Å². The van der Waals surface area contributed by atoms with Crippen LogP contribution < -0.4 is 15.6 Å². The Bertz CT molecular complexity index is 1080. The fraction of sp³-hybridized carbons (Fsp3) is 0.364. The normalized spacial score (nSPS) is 11.0. The van der Waals surface area contributed by atoms with E-state index in [2.05, 4.69) is 10.3 Å². The predicted molar refractivity (Wildman–Crippen MR) is 113 cm³/mol. The van der Waals surface area contributed by atoms with Crippen LogP contribution in [0.25, 0.3) is 10.9 Å². The monoisotopic (exact) mass is 397 g/mol. The van der Waals surface area contributed by atoms with Crippen LogP contribution in [0.1, 0.15) is 27.2 Å². The molecule has 0 saturated heterocycles. The molecule has 2 heterocycles. The molecule has 1 amide bonds. The number of H-pyrrole nitrogens is 1. The number of rotatable bonds is 8. The molecule has 3 aromatic rings. The molecule has 7 nitrogen and oxygen atoms in total. The van der Waals surface area contributed by atoms with E-state index in [-0.39, 0.29) is 17.0 Å². The van der Waals surface area contributed by atoms with Gasteiger partial charge in [0.2, 0.25) is 0 Å². The van der Waals surface area contributed by atoms with Gasteiger partial charge in [0.05, 0.1) is 13.7 Å². The molecular weight excluding hydrogens is 370 g/mol. The third kappa shape index (κ3) is 4.35. The number of benzene rings is 1. The van der Waals surface area contributed by atoms with E-state index < -0.39 is 0 Å². The smallest absolute Gasteiger partial charge is 0.263 e. The summed E-state index contributed by atoms with van der Waals surface area (Å²) in [4.78, 5) is 28.8. The summed E-state index contributed by atoms with van der Waals surface area (Å²) in [5.41, 5.74) is 3.49. The zero-order chi connectivity index (χ0) is 21.0. The summed E-state index contributed by atoms with van der Waals surface area (Å²) in [6.07, 6.45) is 2.58. The second-order valence-corrected chi connectivity index (χ2v) is 7.02. The summed E-state index contributed by atoms with van der Waals surface area (Å²) < 4.78 is 11.9. The molecule has 0 fully saturated rings. The average molecular weight is 397 g/mol. The van der Waals surface area contributed by atoms with Gasteiger partial charge in [-0.2, -0.15) is 0 Å². The molecule has 0 saturated carbocycles. The van der Waals surface area contributed by atoms with E-state index in [1.165, 1.54) is 0 Å². The number of pyridine rings is 1. The molecule has 1 aromatic carbocycles. The summed E-state index contributed by atoms with van der Waals surface area (Å²) in [6, 6.07) is 7.70. The first-order valence-corrected chi connectivity index (χ1v) is 9.58. The number of aromatic amines is 1. The third-order valence-corrected chi connectivity index (χ3v) is 5.11. The van der Waals surface area contributed by atoms with Crippen molar-refractivity contribution in [2.75, 3.05) is 27.4 Å². The Hall–Kier alpha value is -3.06. The largest absolute Gasteiger partial charge is 0.497 e. The summed E-state index contributed by atoms with van der Waals surface area (Å²) in [6.45, 7) is 4.90. The summed E-state index contributed by atoms with van der Waals surface area (Å²) in [7, 11) is 3.22. The molecule has 0 aliphatic heterocycles. The van der Waals surface area contributed by atoms with E-state index in [0.717, 1.165) is 27.9 Å². The van der Waals surface area contributed by atoms with E-state index in [4.69, 9.17) is 9.47 Å². The van der Waals surface area contributed by atoms with Gasteiger partial charge in [-0.05, 0) is 55.7 Å². The number of methoxy groups -OCH3 is 2. The maximum atomic E-state index is 12.8. The van der Waals surface area contributed by atoms with Gasteiger partial charge in [0.15, 0.2) is 0 Å². The zero-order valence-electron chi connectivity index (χ0n) is 17.3. The minimum atomic E-state index is -0.351. The van der Waals surface area contributed by atoms with Crippen LogP contribution >= 0.6 is 0 Å². The number of nitrogens with zero attached hydrogens (tertiary/aromatic N) is 1. The van der Waals surface area contributed by atoms with Gasteiger partial charge in [0.1, 0.15) is 11.3 Å². The molecule has 154 valence electrons.